The Morgan fingerprint density at radius 3 is 2.29 bits per heavy atom. The number of hydrogen-bond acceptors (Lipinski definition) is 6. The minimum Gasteiger partial charge on any atom is -0.390 e. The fraction of sp³-hybridized carbons (Fsp3) is 0.700. The SMILES string of the molecule is CON(CCCc1ccc(N(CCCl)CCCl)cc1)C1C[C@H](O)[C@H](O)[C@@H](C)O1. The lowest BCUT2D eigenvalue weighted by molar-refractivity contribution is -0.288. The van der Waals surface area contributed by atoms with Gasteiger partial charge in [0.1, 0.15) is 12.3 Å². The molecule has 0 spiro atoms. The third-order valence-corrected chi connectivity index (χ3v) is 5.44. The molecule has 0 amide bonds. The van der Waals surface area contributed by atoms with Crippen molar-refractivity contribution in [3.8, 4) is 0 Å². The van der Waals surface area contributed by atoms with Gasteiger partial charge in [-0.05, 0) is 37.5 Å². The summed E-state index contributed by atoms with van der Waals surface area (Å²) in [5.74, 6) is 1.14. The molecule has 1 aliphatic rings. The van der Waals surface area contributed by atoms with Gasteiger partial charge in [-0.1, -0.05) is 12.1 Å². The summed E-state index contributed by atoms with van der Waals surface area (Å²) >= 11 is 11.7. The Labute approximate surface area is 177 Å². The number of ether oxygens (including phenoxy) is 1. The number of alkyl halides is 2. The molecule has 1 aromatic carbocycles. The molecule has 2 rings (SSSR count). The van der Waals surface area contributed by atoms with Gasteiger partial charge in [0, 0.05) is 43.5 Å². The molecule has 1 saturated heterocycles. The minimum atomic E-state index is -0.856. The molecule has 0 aliphatic carbocycles. The van der Waals surface area contributed by atoms with Gasteiger partial charge in [0.05, 0.1) is 19.3 Å². The Hall–Kier alpha value is -0.600. The molecule has 6 nitrogen and oxygen atoms in total. The molecule has 2 N–H and O–H groups in total. The summed E-state index contributed by atoms with van der Waals surface area (Å²) in [5.41, 5.74) is 2.37. The second-order valence-electron chi connectivity index (χ2n) is 7.05. The summed E-state index contributed by atoms with van der Waals surface area (Å²) in [6.07, 6.45) is -0.339. The van der Waals surface area contributed by atoms with Crippen molar-refractivity contribution in [1.82, 2.24) is 5.06 Å². The van der Waals surface area contributed by atoms with Crippen molar-refractivity contribution in [2.45, 2.75) is 50.7 Å². The molecule has 28 heavy (non-hydrogen) atoms. The summed E-state index contributed by atoms with van der Waals surface area (Å²) in [5, 5.41) is 21.5. The van der Waals surface area contributed by atoms with Gasteiger partial charge in [-0.25, -0.2) is 0 Å². The predicted octanol–water partition coefficient (Wildman–Crippen LogP) is 2.62. The van der Waals surface area contributed by atoms with Crippen LogP contribution in [0.5, 0.6) is 0 Å². The summed E-state index contributed by atoms with van der Waals surface area (Å²) in [7, 11) is 1.60. The zero-order valence-corrected chi connectivity index (χ0v) is 18.1. The smallest absolute Gasteiger partial charge is 0.136 e. The van der Waals surface area contributed by atoms with Crippen LogP contribution < -0.4 is 4.90 Å². The lowest BCUT2D eigenvalue weighted by Crippen LogP contribution is -2.52. The number of benzene rings is 1. The van der Waals surface area contributed by atoms with E-state index >= 15 is 0 Å². The molecular formula is C20H32Cl2N2O4. The van der Waals surface area contributed by atoms with Crippen LogP contribution in [0, 0.1) is 0 Å². The van der Waals surface area contributed by atoms with E-state index in [4.69, 9.17) is 32.8 Å². The van der Waals surface area contributed by atoms with E-state index < -0.39 is 18.3 Å². The fourth-order valence-corrected chi connectivity index (χ4v) is 3.88. The van der Waals surface area contributed by atoms with Crippen LogP contribution in [0.1, 0.15) is 25.3 Å². The van der Waals surface area contributed by atoms with Crippen LogP contribution in [0.25, 0.3) is 0 Å². The number of aryl methyl sites for hydroxylation is 1. The maximum Gasteiger partial charge on any atom is 0.136 e. The number of hydrogen-bond donors (Lipinski definition) is 2. The number of anilines is 1. The first kappa shape index (κ1) is 23.7. The summed E-state index contributed by atoms with van der Waals surface area (Å²) in [4.78, 5) is 7.63. The molecule has 1 heterocycles. The Bertz CT molecular complexity index is 546. The lowest BCUT2D eigenvalue weighted by atomic mass is 10.0. The standard InChI is InChI=1S/C20H32Cl2N2O4/c1-15-20(26)18(25)14-19(28-15)24(27-2)11-3-4-16-5-7-17(8-6-16)23(12-9-21)13-10-22/h5-8,15,18-20,25-26H,3-4,9-14H2,1-2H3/t15-,18+,19?,20-/m1/s1. The van der Waals surface area contributed by atoms with Crippen molar-refractivity contribution in [2.75, 3.05) is 43.4 Å². The normalized spacial score (nSPS) is 25.2. The molecule has 4 atom stereocenters. The predicted molar refractivity (Wildman–Crippen MR) is 113 cm³/mol. The van der Waals surface area contributed by atoms with E-state index in [0.717, 1.165) is 31.6 Å². The van der Waals surface area contributed by atoms with Crippen molar-refractivity contribution in [1.29, 1.82) is 0 Å². The van der Waals surface area contributed by atoms with Crippen molar-refractivity contribution >= 4 is 28.9 Å². The number of hydroxylamine groups is 2. The minimum absolute atomic E-state index is 0.324. The maximum absolute atomic E-state index is 9.98. The highest BCUT2D eigenvalue weighted by Gasteiger charge is 2.36. The molecule has 1 aliphatic heterocycles. The zero-order valence-electron chi connectivity index (χ0n) is 16.6. The topological polar surface area (TPSA) is 65.4 Å². The fourth-order valence-electron chi connectivity index (χ4n) is 3.47. The average molecular weight is 435 g/mol. The van der Waals surface area contributed by atoms with E-state index in [2.05, 4.69) is 29.2 Å². The molecule has 1 fully saturated rings. The van der Waals surface area contributed by atoms with Crippen LogP contribution in [0.4, 0.5) is 5.69 Å². The van der Waals surface area contributed by atoms with Crippen LogP contribution in [0.3, 0.4) is 0 Å². The van der Waals surface area contributed by atoms with Crippen LogP contribution in [-0.4, -0.2) is 78.3 Å². The molecule has 1 unspecified atom stereocenters. The first-order valence-electron chi connectivity index (χ1n) is 9.78. The second-order valence-corrected chi connectivity index (χ2v) is 7.80. The third-order valence-electron chi connectivity index (χ3n) is 5.10. The van der Waals surface area contributed by atoms with Gasteiger partial charge in [0.25, 0.3) is 0 Å². The number of aliphatic hydroxyl groups excluding tert-OH is 2. The van der Waals surface area contributed by atoms with Crippen molar-refractivity contribution in [3.05, 3.63) is 29.8 Å². The summed E-state index contributed by atoms with van der Waals surface area (Å²) < 4.78 is 5.78. The summed E-state index contributed by atoms with van der Waals surface area (Å²) in [6, 6.07) is 8.46. The monoisotopic (exact) mass is 434 g/mol. The van der Waals surface area contributed by atoms with E-state index in [1.165, 1.54) is 5.56 Å². The van der Waals surface area contributed by atoms with Crippen molar-refractivity contribution in [2.24, 2.45) is 0 Å². The second kappa shape index (κ2) is 12.2. The van der Waals surface area contributed by atoms with Crippen LogP contribution in [0.15, 0.2) is 24.3 Å². The number of aliphatic hydroxyl groups is 2. The molecule has 0 radical (unpaired) electrons. The number of rotatable bonds is 11. The van der Waals surface area contributed by atoms with Crippen LogP contribution in [0.2, 0.25) is 0 Å². The highest BCUT2D eigenvalue weighted by molar-refractivity contribution is 6.18. The highest BCUT2D eigenvalue weighted by Crippen LogP contribution is 2.23. The van der Waals surface area contributed by atoms with Gasteiger partial charge in [-0.2, -0.15) is 5.06 Å². The van der Waals surface area contributed by atoms with E-state index in [0.29, 0.717) is 24.7 Å². The summed E-state index contributed by atoms with van der Waals surface area (Å²) in [6.45, 7) is 3.98. The van der Waals surface area contributed by atoms with E-state index in [-0.39, 0.29) is 6.23 Å². The largest absolute Gasteiger partial charge is 0.390 e. The Balaban J connectivity index is 1.84. The van der Waals surface area contributed by atoms with Gasteiger partial charge < -0.3 is 19.8 Å². The van der Waals surface area contributed by atoms with Crippen molar-refractivity contribution < 1.29 is 19.8 Å². The molecule has 0 aromatic heterocycles. The zero-order chi connectivity index (χ0) is 20.5. The van der Waals surface area contributed by atoms with Crippen LogP contribution >= 0.6 is 23.2 Å². The van der Waals surface area contributed by atoms with Gasteiger partial charge in [0.2, 0.25) is 0 Å². The van der Waals surface area contributed by atoms with Crippen LogP contribution in [-0.2, 0) is 16.0 Å². The Morgan fingerprint density at radius 2 is 1.75 bits per heavy atom. The van der Waals surface area contributed by atoms with E-state index in [1.807, 2.05) is 0 Å². The maximum atomic E-state index is 9.98. The number of nitrogens with zero attached hydrogens (tertiary/aromatic N) is 2. The van der Waals surface area contributed by atoms with Gasteiger partial charge in [-0.3, -0.25) is 4.84 Å². The highest BCUT2D eigenvalue weighted by atomic mass is 35.5. The van der Waals surface area contributed by atoms with Gasteiger partial charge >= 0.3 is 0 Å². The third kappa shape index (κ3) is 6.73. The molecule has 1 aromatic rings. The molecule has 0 bridgehead atoms. The molecular weight excluding hydrogens is 403 g/mol. The van der Waals surface area contributed by atoms with Gasteiger partial charge in [-0.15, -0.1) is 23.2 Å². The van der Waals surface area contributed by atoms with E-state index in [9.17, 15) is 10.2 Å². The Morgan fingerprint density at radius 1 is 1.11 bits per heavy atom. The quantitative estimate of drug-likeness (QED) is 0.412. The molecule has 8 heteroatoms. The molecule has 160 valence electrons. The van der Waals surface area contributed by atoms with Gasteiger partial charge in [0.15, 0.2) is 0 Å². The first-order chi connectivity index (χ1) is 13.5. The molecule has 0 saturated carbocycles. The number of halogens is 2. The lowest BCUT2D eigenvalue weighted by Gasteiger charge is -2.39. The van der Waals surface area contributed by atoms with Crippen molar-refractivity contribution in [3.63, 3.8) is 0 Å². The average Bonchev–Trinajstić information content (AvgIpc) is 2.69. The Kier molecular flexibility index (Phi) is 10.3. The first-order valence-corrected chi connectivity index (χ1v) is 10.8. The van der Waals surface area contributed by atoms with E-state index in [1.54, 1.807) is 19.1 Å².